The highest BCUT2D eigenvalue weighted by Crippen LogP contribution is 2.16. The maximum absolute atomic E-state index is 12.4. The van der Waals surface area contributed by atoms with E-state index in [1.807, 2.05) is 17.0 Å². The molecule has 0 unspecified atom stereocenters. The molecule has 0 atom stereocenters. The molecule has 0 aliphatic carbocycles. The van der Waals surface area contributed by atoms with Crippen molar-refractivity contribution >= 4 is 5.91 Å². The van der Waals surface area contributed by atoms with Crippen molar-refractivity contribution in [1.82, 2.24) is 24.9 Å². The van der Waals surface area contributed by atoms with Gasteiger partial charge in [0.05, 0.1) is 18.4 Å². The van der Waals surface area contributed by atoms with Gasteiger partial charge in [-0.25, -0.2) is 0 Å². The summed E-state index contributed by atoms with van der Waals surface area (Å²) in [7, 11) is 0. The van der Waals surface area contributed by atoms with Crippen molar-refractivity contribution in [2.24, 2.45) is 0 Å². The summed E-state index contributed by atoms with van der Waals surface area (Å²) >= 11 is 0. The number of carbonyl (C=O) groups is 1. The number of rotatable bonds is 4. The van der Waals surface area contributed by atoms with Gasteiger partial charge in [-0.15, -0.1) is 0 Å². The summed E-state index contributed by atoms with van der Waals surface area (Å²) in [5, 5.41) is 4.02. The maximum Gasteiger partial charge on any atom is 0.257 e. The minimum atomic E-state index is 0.0113. The lowest BCUT2D eigenvalue weighted by molar-refractivity contribution is 0.0760. The molecule has 0 aromatic carbocycles. The molecule has 8 nitrogen and oxygen atoms in total. The van der Waals surface area contributed by atoms with Crippen LogP contribution in [0.25, 0.3) is 11.4 Å². The monoisotopic (exact) mass is 353 g/mol. The molecule has 8 heteroatoms. The van der Waals surface area contributed by atoms with Gasteiger partial charge >= 0.3 is 0 Å². The van der Waals surface area contributed by atoms with Crippen molar-refractivity contribution in [3.63, 3.8) is 0 Å². The van der Waals surface area contributed by atoms with Crippen LogP contribution in [0.3, 0.4) is 0 Å². The highest BCUT2D eigenvalue weighted by molar-refractivity contribution is 5.93. The predicted octanol–water partition coefficient (Wildman–Crippen LogP) is 2.07. The van der Waals surface area contributed by atoms with Gasteiger partial charge < -0.3 is 13.8 Å². The molecule has 0 bridgehead atoms. The molecular weight excluding hydrogens is 334 g/mol. The Morgan fingerprint density at radius 2 is 2.15 bits per heavy atom. The van der Waals surface area contributed by atoms with E-state index in [1.54, 1.807) is 18.5 Å². The van der Waals surface area contributed by atoms with Crippen LogP contribution in [0.15, 0.2) is 52.1 Å². The number of nitrogens with zero attached hydrogens (tertiary/aromatic N) is 5. The molecule has 0 spiro atoms. The molecule has 26 heavy (non-hydrogen) atoms. The summed E-state index contributed by atoms with van der Waals surface area (Å²) in [4.78, 5) is 25.0. The van der Waals surface area contributed by atoms with Crippen LogP contribution in [0.5, 0.6) is 0 Å². The van der Waals surface area contributed by atoms with E-state index in [1.165, 1.54) is 12.5 Å². The second-order valence-electron chi connectivity index (χ2n) is 6.19. The fourth-order valence-corrected chi connectivity index (χ4v) is 3.02. The van der Waals surface area contributed by atoms with Crippen molar-refractivity contribution in [3.8, 4) is 11.4 Å². The first-order valence-electron chi connectivity index (χ1n) is 8.56. The predicted molar refractivity (Wildman–Crippen MR) is 92.0 cm³/mol. The van der Waals surface area contributed by atoms with Gasteiger partial charge in [0.2, 0.25) is 11.7 Å². The number of furan rings is 1. The smallest absolute Gasteiger partial charge is 0.257 e. The molecule has 0 saturated carbocycles. The molecule has 3 aromatic heterocycles. The average molecular weight is 353 g/mol. The Labute approximate surface area is 150 Å². The standard InChI is InChI=1S/C18H19N5O3/c24-18(15-4-10-25-13-15)23-7-2-6-22(8-9-23)12-16-20-17(21-26-16)14-3-1-5-19-11-14/h1,3-5,10-11,13H,2,6-9,12H2. The van der Waals surface area contributed by atoms with E-state index >= 15 is 0 Å². The number of aromatic nitrogens is 3. The Hall–Kier alpha value is -3.00. The van der Waals surface area contributed by atoms with Gasteiger partial charge in [0.15, 0.2) is 0 Å². The quantitative estimate of drug-likeness (QED) is 0.709. The zero-order chi connectivity index (χ0) is 17.8. The van der Waals surface area contributed by atoms with Gasteiger partial charge in [0, 0.05) is 44.1 Å². The van der Waals surface area contributed by atoms with Crippen LogP contribution in [-0.4, -0.2) is 57.0 Å². The van der Waals surface area contributed by atoms with Crippen LogP contribution in [-0.2, 0) is 6.54 Å². The van der Waals surface area contributed by atoms with Gasteiger partial charge in [-0.1, -0.05) is 5.16 Å². The Morgan fingerprint density at radius 3 is 2.96 bits per heavy atom. The molecule has 0 radical (unpaired) electrons. The van der Waals surface area contributed by atoms with E-state index < -0.39 is 0 Å². The number of hydrogen-bond donors (Lipinski definition) is 0. The Balaban J connectivity index is 1.36. The first kappa shape index (κ1) is 16.5. The van der Waals surface area contributed by atoms with Crippen molar-refractivity contribution < 1.29 is 13.7 Å². The molecule has 4 heterocycles. The lowest BCUT2D eigenvalue weighted by atomic mass is 10.3. The zero-order valence-corrected chi connectivity index (χ0v) is 14.2. The van der Waals surface area contributed by atoms with E-state index in [2.05, 4.69) is 20.0 Å². The summed E-state index contributed by atoms with van der Waals surface area (Å²) in [5.41, 5.74) is 1.42. The molecule has 4 rings (SSSR count). The zero-order valence-electron chi connectivity index (χ0n) is 14.2. The van der Waals surface area contributed by atoms with E-state index in [-0.39, 0.29) is 5.91 Å². The number of carbonyl (C=O) groups excluding carboxylic acids is 1. The number of pyridine rings is 1. The third kappa shape index (κ3) is 3.65. The fraction of sp³-hybridized carbons (Fsp3) is 0.333. The maximum atomic E-state index is 12.4. The first-order chi connectivity index (χ1) is 12.8. The van der Waals surface area contributed by atoms with E-state index in [9.17, 15) is 4.79 Å². The largest absolute Gasteiger partial charge is 0.472 e. The Bertz CT molecular complexity index is 847. The van der Waals surface area contributed by atoms with Crippen LogP contribution >= 0.6 is 0 Å². The van der Waals surface area contributed by atoms with Crippen LogP contribution in [0.2, 0.25) is 0 Å². The normalized spacial score (nSPS) is 15.8. The summed E-state index contributed by atoms with van der Waals surface area (Å²) in [6, 6.07) is 5.43. The number of amides is 1. The van der Waals surface area contributed by atoms with Crippen molar-refractivity contribution in [2.45, 2.75) is 13.0 Å². The van der Waals surface area contributed by atoms with E-state index in [0.717, 1.165) is 31.6 Å². The van der Waals surface area contributed by atoms with Gasteiger partial charge in [0.25, 0.3) is 5.91 Å². The van der Waals surface area contributed by atoms with Crippen molar-refractivity contribution in [3.05, 3.63) is 54.6 Å². The fourth-order valence-electron chi connectivity index (χ4n) is 3.02. The van der Waals surface area contributed by atoms with E-state index in [0.29, 0.717) is 30.4 Å². The lowest BCUT2D eigenvalue weighted by Gasteiger charge is -2.20. The minimum Gasteiger partial charge on any atom is -0.472 e. The van der Waals surface area contributed by atoms with Gasteiger partial charge in [0.1, 0.15) is 6.26 Å². The Morgan fingerprint density at radius 1 is 1.19 bits per heavy atom. The molecule has 3 aromatic rings. The summed E-state index contributed by atoms with van der Waals surface area (Å²) in [5.74, 6) is 1.12. The van der Waals surface area contributed by atoms with Gasteiger partial charge in [-0.2, -0.15) is 4.98 Å². The molecule has 134 valence electrons. The summed E-state index contributed by atoms with van der Waals surface area (Å²) in [6.45, 7) is 3.59. The van der Waals surface area contributed by atoms with Gasteiger partial charge in [-0.3, -0.25) is 14.7 Å². The topological polar surface area (TPSA) is 88.5 Å². The average Bonchev–Trinajstić information content (AvgIpc) is 3.31. The molecule has 1 saturated heterocycles. The summed E-state index contributed by atoms with van der Waals surface area (Å²) < 4.78 is 10.4. The van der Waals surface area contributed by atoms with Crippen molar-refractivity contribution in [2.75, 3.05) is 26.2 Å². The molecule has 0 N–H and O–H groups in total. The highest BCUT2D eigenvalue weighted by atomic mass is 16.5. The van der Waals surface area contributed by atoms with Crippen LogP contribution in [0.1, 0.15) is 22.7 Å². The van der Waals surface area contributed by atoms with Crippen LogP contribution in [0.4, 0.5) is 0 Å². The number of hydrogen-bond acceptors (Lipinski definition) is 7. The third-order valence-corrected chi connectivity index (χ3v) is 4.39. The first-order valence-corrected chi connectivity index (χ1v) is 8.56. The second-order valence-corrected chi connectivity index (χ2v) is 6.19. The second kappa shape index (κ2) is 7.49. The molecule has 1 aliphatic heterocycles. The minimum absolute atomic E-state index is 0.0113. The summed E-state index contributed by atoms with van der Waals surface area (Å²) in [6.07, 6.45) is 7.32. The van der Waals surface area contributed by atoms with Gasteiger partial charge in [-0.05, 0) is 24.6 Å². The van der Waals surface area contributed by atoms with Crippen LogP contribution < -0.4 is 0 Å². The van der Waals surface area contributed by atoms with Crippen LogP contribution in [0, 0.1) is 0 Å². The molecule has 1 aliphatic rings. The van der Waals surface area contributed by atoms with E-state index in [4.69, 9.17) is 8.94 Å². The van der Waals surface area contributed by atoms with Crippen molar-refractivity contribution in [1.29, 1.82) is 0 Å². The molecular formula is C18H19N5O3. The molecule has 1 amide bonds. The molecule has 1 fully saturated rings. The Kier molecular flexibility index (Phi) is 4.74. The third-order valence-electron chi connectivity index (χ3n) is 4.39. The SMILES string of the molecule is O=C(c1ccoc1)N1CCCN(Cc2nc(-c3cccnc3)no2)CC1. The lowest BCUT2D eigenvalue weighted by Crippen LogP contribution is -2.34. The highest BCUT2D eigenvalue weighted by Gasteiger charge is 2.22.